The summed E-state index contributed by atoms with van der Waals surface area (Å²) in [7, 11) is 0. The molecule has 0 amide bonds. The van der Waals surface area contributed by atoms with Crippen LogP contribution in [0, 0.1) is 25.7 Å². The van der Waals surface area contributed by atoms with E-state index >= 15 is 0 Å². The Labute approximate surface area is 122 Å². The SMILES string of the molecule is Cc1ccc(SCc2cc(C#CCO)cs2)c(C)c1. The van der Waals surface area contributed by atoms with E-state index in [4.69, 9.17) is 5.11 Å². The van der Waals surface area contributed by atoms with Crippen LogP contribution in [0.3, 0.4) is 0 Å². The second-order valence-corrected chi connectivity index (χ2v) is 6.33. The van der Waals surface area contributed by atoms with Gasteiger partial charge in [-0.05, 0) is 31.5 Å². The van der Waals surface area contributed by atoms with Gasteiger partial charge in [-0.25, -0.2) is 0 Å². The Morgan fingerprint density at radius 3 is 2.84 bits per heavy atom. The van der Waals surface area contributed by atoms with Crippen molar-refractivity contribution in [1.29, 1.82) is 0 Å². The summed E-state index contributed by atoms with van der Waals surface area (Å²) >= 11 is 3.58. The highest BCUT2D eigenvalue weighted by Gasteiger charge is 2.02. The first-order valence-corrected chi connectivity index (χ1v) is 7.93. The van der Waals surface area contributed by atoms with Crippen molar-refractivity contribution in [3.8, 4) is 11.8 Å². The van der Waals surface area contributed by atoms with Crippen molar-refractivity contribution >= 4 is 23.1 Å². The topological polar surface area (TPSA) is 20.2 Å². The molecule has 0 aliphatic heterocycles. The van der Waals surface area contributed by atoms with E-state index in [1.54, 1.807) is 11.3 Å². The van der Waals surface area contributed by atoms with E-state index in [1.165, 1.54) is 20.9 Å². The average Bonchev–Trinajstić information content (AvgIpc) is 2.83. The van der Waals surface area contributed by atoms with E-state index in [-0.39, 0.29) is 6.61 Å². The first-order valence-electron chi connectivity index (χ1n) is 6.06. The van der Waals surface area contributed by atoms with E-state index in [9.17, 15) is 0 Å². The molecule has 3 heteroatoms. The van der Waals surface area contributed by atoms with Crippen LogP contribution in [-0.2, 0) is 5.75 Å². The van der Waals surface area contributed by atoms with Crippen molar-refractivity contribution in [2.24, 2.45) is 0 Å². The van der Waals surface area contributed by atoms with Gasteiger partial charge in [-0.3, -0.25) is 0 Å². The second-order valence-electron chi connectivity index (χ2n) is 4.32. The molecule has 0 radical (unpaired) electrons. The van der Waals surface area contributed by atoms with Crippen molar-refractivity contribution in [2.45, 2.75) is 24.5 Å². The third kappa shape index (κ3) is 4.14. The number of rotatable bonds is 3. The number of aryl methyl sites for hydroxylation is 2. The summed E-state index contributed by atoms with van der Waals surface area (Å²) in [5, 5.41) is 10.7. The van der Waals surface area contributed by atoms with Gasteiger partial charge in [0.25, 0.3) is 0 Å². The van der Waals surface area contributed by atoms with Crippen LogP contribution in [0.4, 0.5) is 0 Å². The maximum atomic E-state index is 8.67. The van der Waals surface area contributed by atoms with Crippen LogP contribution < -0.4 is 0 Å². The van der Waals surface area contributed by atoms with Crippen molar-refractivity contribution in [3.05, 3.63) is 51.2 Å². The standard InChI is InChI=1S/C16H16OS2/c1-12-5-6-16(13(2)8-12)19-11-15-9-14(10-18-15)4-3-7-17/h5-6,8-10,17H,7,11H2,1-2H3. The number of thioether (sulfide) groups is 1. The van der Waals surface area contributed by atoms with Gasteiger partial charge < -0.3 is 5.11 Å². The molecule has 1 nitrogen and oxygen atoms in total. The smallest absolute Gasteiger partial charge is 0.104 e. The molecular formula is C16H16OS2. The molecule has 1 N–H and O–H groups in total. The lowest BCUT2D eigenvalue weighted by atomic mass is 10.2. The van der Waals surface area contributed by atoms with Gasteiger partial charge in [-0.15, -0.1) is 23.1 Å². The number of thiophene rings is 1. The lowest BCUT2D eigenvalue weighted by Crippen LogP contribution is -1.82. The fraction of sp³-hybridized carbons (Fsp3) is 0.250. The molecule has 0 aliphatic rings. The largest absolute Gasteiger partial charge is 0.384 e. The summed E-state index contributed by atoms with van der Waals surface area (Å²) in [4.78, 5) is 2.65. The Balaban J connectivity index is 2.00. The fourth-order valence-corrected chi connectivity index (χ4v) is 3.65. The van der Waals surface area contributed by atoms with Gasteiger partial charge in [0.1, 0.15) is 6.61 Å². The summed E-state index contributed by atoms with van der Waals surface area (Å²) in [6, 6.07) is 8.66. The van der Waals surface area contributed by atoms with E-state index < -0.39 is 0 Å². The Bertz CT molecular complexity index is 617. The molecule has 0 bridgehead atoms. The van der Waals surface area contributed by atoms with Gasteiger partial charge in [0.15, 0.2) is 0 Å². The Kier molecular flexibility index (Phi) is 5.09. The van der Waals surface area contributed by atoms with Crippen LogP contribution in [0.2, 0.25) is 0 Å². The zero-order valence-electron chi connectivity index (χ0n) is 11.1. The molecule has 0 atom stereocenters. The van der Waals surface area contributed by atoms with Crippen molar-refractivity contribution in [1.82, 2.24) is 0 Å². The highest BCUT2D eigenvalue weighted by atomic mass is 32.2. The van der Waals surface area contributed by atoms with Crippen LogP contribution >= 0.6 is 23.1 Å². The van der Waals surface area contributed by atoms with Crippen LogP contribution in [0.1, 0.15) is 21.6 Å². The van der Waals surface area contributed by atoms with E-state index in [0.29, 0.717) is 0 Å². The molecule has 0 aliphatic carbocycles. The molecule has 0 fully saturated rings. The van der Waals surface area contributed by atoms with E-state index in [1.807, 2.05) is 17.1 Å². The third-order valence-electron chi connectivity index (χ3n) is 2.67. The quantitative estimate of drug-likeness (QED) is 0.680. The number of benzene rings is 1. The maximum absolute atomic E-state index is 8.67. The van der Waals surface area contributed by atoms with Gasteiger partial charge in [-0.2, -0.15) is 0 Å². The number of aliphatic hydroxyl groups excluding tert-OH is 1. The minimum absolute atomic E-state index is 0.0809. The minimum Gasteiger partial charge on any atom is -0.384 e. The summed E-state index contributed by atoms with van der Waals surface area (Å²) in [6.07, 6.45) is 0. The highest BCUT2D eigenvalue weighted by Crippen LogP contribution is 2.28. The van der Waals surface area contributed by atoms with E-state index in [2.05, 4.69) is 50.0 Å². The summed E-state index contributed by atoms with van der Waals surface area (Å²) in [6.45, 7) is 4.19. The van der Waals surface area contributed by atoms with Crippen LogP contribution in [0.5, 0.6) is 0 Å². The molecule has 2 rings (SSSR count). The molecular weight excluding hydrogens is 272 g/mol. The first-order chi connectivity index (χ1) is 9.19. The Morgan fingerprint density at radius 1 is 1.26 bits per heavy atom. The molecule has 19 heavy (non-hydrogen) atoms. The Hall–Kier alpha value is -1.21. The number of aliphatic hydroxyl groups is 1. The summed E-state index contributed by atoms with van der Waals surface area (Å²) in [5.41, 5.74) is 3.64. The van der Waals surface area contributed by atoms with Crippen LogP contribution in [-0.4, -0.2) is 11.7 Å². The average molecular weight is 288 g/mol. The monoisotopic (exact) mass is 288 g/mol. The normalized spacial score (nSPS) is 10.1. The van der Waals surface area contributed by atoms with Crippen LogP contribution in [0.25, 0.3) is 0 Å². The van der Waals surface area contributed by atoms with Gasteiger partial charge in [-0.1, -0.05) is 29.5 Å². The van der Waals surface area contributed by atoms with Crippen molar-refractivity contribution in [3.63, 3.8) is 0 Å². The van der Waals surface area contributed by atoms with E-state index in [0.717, 1.165) is 11.3 Å². The minimum atomic E-state index is -0.0809. The molecule has 98 valence electrons. The van der Waals surface area contributed by atoms with Crippen molar-refractivity contribution in [2.75, 3.05) is 6.61 Å². The molecule has 1 aromatic carbocycles. The maximum Gasteiger partial charge on any atom is 0.104 e. The summed E-state index contributed by atoms with van der Waals surface area (Å²) in [5.74, 6) is 6.57. The predicted octanol–water partition coefficient (Wildman–Crippen LogP) is 4.00. The van der Waals surface area contributed by atoms with Crippen molar-refractivity contribution < 1.29 is 5.11 Å². The van der Waals surface area contributed by atoms with Gasteiger partial charge in [0.05, 0.1) is 0 Å². The fourth-order valence-electron chi connectivity index (χ4n) is 1.77. The molecule has 0 saturated heterocycles. The Morgan fingerprint density at radius 2 is 2.11 bits per heavy atom. The zero-order valence-corrected chi connectivity index (χ0v) is 12.7. The molecule has 0 unspecified atom stereocenters. The van der Waals surface area contributed by atoms with Crippen LogP contribution in [0.15, 0.2) is 34.5 Å². The number of hydrogen-bond donors (Lipinski definition) is 1. The molecule has 0 spiro atoms. The second kappa shape index (κ2) is 6.81. The molecule has 2 aromatic rings. The van der Waals surface area contributed by atoms with Gasteiger partial charge in [0.2, 0.25) is 0 Å². The molecule has 0 saturated carbocycles. The third-order valence-corrected chi connectivity index (χ3v) is 5.01. The van der Waals surface area contributed by atoms with Gasteiger partial charge >= 0.3 is 0 Å². The summed E-state index contributed by atoms with van der Waals surface area (Å²) < 4.78 is 0. The first kappa shape index (κ1) is 14.2. The van der Waals surface area contributed by atoms with Gasteiger partial charge in [0, 0.05) is 26.5 Å². The molecule has 1 aromatic heterocycles. The lowest BCUT2D eigenvalue weighted by Gasteiger charge is -2.05. The zero-order chi connectivity index (χ0) is 13.7. The molecule has 1 heterocycles. The number of hydrogen-bond acceptors (Lipinski definition) is 3. The lowest BCUT2D eigenvalue weighted by molar-refractivity contribution is 0.350. The highest BCUT2D eigenvalue weighted by molar-refractivity contribution is 7.98. The predicted molar refractivity (Wildman–Crippen MR) is 83.8 cm³/mol.